The van der Waals surface area contributed by atoms with E-state index in [1.54, 1.807) is 6.92 Å². The summed E-state index contributed by atoms with van der Waals surface area (Å²) >= 11 is 0. The summed E-state index contributed by atoms with van der Waals surface area (Å²) in [5.74, 6) is -0.301. The lowest BCUT2D eigenvalue weighted by Gasteiger charge is -1.98. The minimum Gasteiger partial charge on any atom is -0.371 e. The Bertz CT molecular complexity index is 120. The van der Waals surface area contributed by atoms with E-state index in [2.05, 4.69) is 16.9 Å². The summed E-state index contributed by atoms with van der Waals surface area (Å²) in [6, 6.07) is 0. The van der Waals surface area contributed by atoms with Crippen molar-refractivity contribution in [1.29, 1.82) is 0 Å². The summed E-state index contributed by atoms with van der Waals surface area (Å²) in [6.07, 6.45) is 0.279. The van der Waals surface area contributed by atoms with Crippen molar-refractivity contribution < 1.29 is 9.63 Å². The van der Waals surface area contributed by atoms with Crippen LogP contribution >= 0.6 is 0 Å². The number of hydroxylamine groups is 1. The molecule has 0 rings (SSSR count). The standard InChI is InChI=1S/C6H11NO2/c1-5(2)4-6(8)9-7-3/h7H,1,4H2,2-3H3. The van der Waals surface area contributed by atoms with E-state index in [4.69, 9.17) is 0 Å². The molecule has 1 N–H and O–H groups in total. The van der Waals surface area contributed by atoms with Crippen molar-refractivity contribution in [2.45, 2.75) is 13.3 Å². The first-order valence-corrected chi connectivity index (χ1v) is 2.67. The van der Waals surface area contributed by atoms with Crippen LogP contribution < -0.4 is 5.48 Å². The van der Waals surface area contributed by atoms with Crippen molar-refractivity contribution in [3.8, 4) is 0 Å². The molecule has 0 fully saturated rings. The molecule has 0 aliphatic carbocycles. The Hall–Kier alpha value is -0.830. The molecule has 9 heavy (non-hydrogen) atoms. The van der Waals surface area contributed by atoms with E-state index in [-0.39, 0.29) is 12.4 Å². The molecule has 0 bridgehead atoms. The van der Waals surface area contributed by atoms with Crippen molar-refractivity contribution in [3.05, 3.63) is 12.2 Å². The minimum atomic E-state index is -0.301. The third-order valence-electron chi connectivity index (χ3n) is 0.662. The number of carbonyl (C=O) groups excluding carboxylic acids is 1. The van der Waals surface area contributed by atoms with Gasteiger partial charge in [-0.1, -0.05) is 12.2 Å². The number of hydrogen-bond acceptors (Lipinski definition) is 3. The highest BCUT2D eigenvalue weighted by atomic mass is 16.7. The highest BCUT2D eigenvalue weighted by molar-refractivity contribution is 5.71. The molecule has 0 spiro atoms. The molecule has 3 heteroatoms. The zero-order valence-corrected chi connectivity index (χ0v) is 5.73. The number of nitrogens with one attached hydrogen (secondary N) is 1. The van der Waals surface area contributed by atoms with Crippen molar-refractivity contribution >= 4 is 5.97 Å². The topological polar surface area (TPSA) is 38.3 Å². The Kier molecular flexibility index (Phi) is 3.71. The molecule has 0 saturated carbocycles. The first kappa shape index (κ1) is 8.17. The van der Waals surface area contributed by atoms with Gasteiger partial charge in [-0.05, 0) is 6.92 Å². The van der Waals surface area contributed by atoms with E-state index in [0.717, 1.165) is 5.57 Å². The molecule has 0 aliphatic heterocycles. The second-order valence-electron chi connectivity index (χ2n) is 1.81. The van der Waals surface area contributed by atoms with Crippen molar-refractivity contribution in [1.82, 2.24) is 5.48 Å². The van der Waals surface area contributed by atoms with Gasteiger partial charge in [-0.2, -0.15) is 5.48 Å². The lowest BCUT2D eigenvalue weighted by molar-refractivity contribution is -0.148. The first-order valence-electron chi connectivity index (χ1n) is 2.67. The number of hydrogen-bond donors (Lipinski definition) is 1. The molecular weight excluding hydrogens is 118 g/mol. The maximum absolute atomic E-state index is 10.5. The Balaban J connectivity index is 3.39. The van der Waals surface area contributed by atoms with E-state index in [0.29, 0.717) is 0 Å². The van der Waals surface area contributed by atoms with Gasteiger partial charge in [0.05, 0.1) is 6.42 Å². The van der Waals surface area contributed by atoms with Crippen LogP contribution in [-0.2, 0) is 9.63 Å². The first-order chi connectivity index (χ1) is 4.16. The molecule has 0 amide bonds. The third-order valence-corrected chi connectivity index (χ3v) is 0.662. The van der Waals surface area contributed by atoms with Gasteiger partial charge < -0.3 is 4.84 Å². The smallest absolute Gasteiger partial charge is 0.328 e. The average molecular weight is 129 g/mol. The fraction of sp³-hybridized carbons (Fsp3) is 0.500. The van der Waals surface area contributed by atoms with Crippen LogP contribution in [0, 0.1) is 0 Å². The van der Waals surface area contributed by atoms with Crippen LogP contribution in [0.15, 0.2) is 12.2 Å². The van der Waals surface area contributed by atoms with Gasteiger partial charge in [0.1, 0.15) is 0 Å². The summed E-state index contributed by atoms with van der Waals surface area (Å²) in [5, 5.41) is 0. The molecule has 0 aliphatic rings. The van der Waals surface area contributed by atoms with Crippen LogP contribution in [0.4, 0.5) is 0 Å². The summed E-state index contributed by atoms with van der Waals surface area (Å²) in [6.45, 7) is 5.32. The quantitative estimate of drug-likeness (QED) is 0.448. The van der Waals surface area contributed by atoms with Gasteiger partial charge >= 0.3 is 5.97 Å². The molecule has 0 radical (unpaired) electrons. The van der Waals surface area contributed by atoms with Crippen LogP contribution in [0.1, 0.15) is 13.3 Å². The lowest BCUT2D eigenvalue weighted by atomic mass is 10.2. The molecule has 0 saturated heterocycles. The molecule has 0 heterocycles. The maximum atomic E-state index is 10.5. The summed E-state index contributed by atoms with van der Waals surface area (Å²) < 4.78 is 0. The summed E-state index contributed by atoms with van der Waals surface area (Å²) in [5.41, 5.74) is 3.08. The van der Waals surface area contributed by atoms with Gasteiger partial charge in [-0.25, -0.2) is 0 Å². The molecule has 0 atom stereocenters. The zero-order valence-electron chi connectivity index (χ0n) is 5.73. The average Bonchev–Trinajstić information content (AvgIpc) is 1.63. The molecule has 0 unspecified atom stereocenters. The second-order valence-corrected chi connectivity index (χ2v) is 1.81. The minimum absolute atomic E-state index is 0.279. The monoisotopic (exact) mass is 129 g/mol. The molecule has 0 aromatic carbocycles. The fourth-order valence-electron chi connectivity index (χ4n) is 0.396. The lowest BCUT2D eigenvalue weighted by Crippen LogP contribution is -2.14. The van der Waals surface area contributed by atoms with Crippen molar-refractivity contribution in [2.75, 3.05) is 7.05 Å². The fourth-order valence-corrected chi connectivity index (χ4v) is 0.396. The molecule has 0 aromatic rings. The van der Waals surface area contributed by atoms with E-state index in [1.807, 2.05) is 0 Å². The van der Waals surface area contributed by atoms with Crippen LogP contribution in [-0.4, -0.2) is 13.0 Å². The zero-order chi connectivity index (χ0) is 7.28. The van der Waals surface area contributed by atoms with E-state index in [9.17, 15) is 4.79 Å². The predicted molar refractivity (Wildman–Crippen MR) is 34.6 cm³/mol. The number of carbonyl (C=O) groups is 1. The van der Waals surface area contributed by atoms with E-state index < -0.39 is 0 Å². The highest BCUT2D eigenvalue weighted by Gasteiger charge is 1.99. The Labute approximate surface area is 54.7 Å². The van der Waals surface area contributed by atoms with Gasteiger partial charge in [-0.3, -0.25) is 4.79 Å². The van der Waals surface area contributed by atoms with Gasteiger partial charge in [0.25, 0.3) is 0 Å². The third kappa shape index (κ3) is 5.03. The van der Waals surface area contributed by atoms with Crippen molar-refractivity contribution in [3.63, 3.8) is 0 Å². The Morgan fingerprint density at radius 1 is 1.78 bits per heavy atom. The predicted octanol–water partition coefficient (Wildman–Crippen LogP) is 0.630. The van der Waals surface area contributed by atoms with Gasteiger partial charge in [-0.15, -0.1) is 0 Å². The van der Waals surface area contributed by atoms with E-state index >= 15 is 0 Å². The Morgan fingerprint density at radius 2 is 2.33 bits per heavy atom. The SMILES string of the molecule is C=C(C)CC(=O)ONC. The highest BCUT2D eigenvalue weighted by Crippen LogP contribution is 1.95. The largest absolute Gasteiger partial charge is 0.371 e. The normalized spacial score (nSPS) is 8.67. The second kappa shape index (κ2) is 4.09. The number of rotatable bonds is 3. The van der Waals surface area contributed by atoms with Gasteiger partial charge in [0.15, 0.2) is 0 Å². The van der Waals surface area contributed by atoms with E-state index in [1.165, 1.54) is 7.05 Å². The van der Waals surface area contributed by atoms with Crippen LogP contribution in [0.25, 0.3) is 0 Å². The molecular formula is C6H11NO2. The van der Waals surface area contributed by atoms with Gasteiger partial charge in [0, 0.05) is 7.05 Å². The molecule has 0 aromatic heterocycles. The van der Waals surface area contributed by atoms with Crippen molar-refractivity contribution in [2.24, 2.45) is 0 Å². The summed E-state index contributed by atoms with van der Waals surface area (Å²) in [7, 11) is 1.54. The van der Waals surface area contributed by atoms with Crippen LogP contribution in [0.5, 0.6) is 0 Å². The maximum Gasteiger partial charge on any atom is 0.328 e. The van der Waals surface area contributed by atoms with Crippen LogP contribution in [0.3, 0.4) is 0 Å². The van der Waals surface area contributed by atoms with Gasteiger partial charge in [0.2, 0.25) is 0 Å². The van der Waals surface area contributed by atoms with Crippen LogP contribution in [0.2, 0.25) is 0 Å². The summed E-state index contributed by atoms with van der Waals surface area (Å²) in [4.78, 5) is 14.9. The Morgan fingerprint density at radius 3 is 2.67 bits per heavy atom. The molecule has 3 nitrogen and oxygen atoms in total. The molecule has 52 valence electrons.